The Morgan fingerprint density at radius 1 is 1.05 bits per heavy atom. The zero-order valence-corrected chi connectivity index (χ0v) is 36.4. The van der Waals surface area contributed by atoms with Crippen LogP contribution in [0.15, 0.2) is 12.7 Å². The number of phosphoric ester groups is 3. The van der Waals surface area contributed by atoms with Gasteiger partial charge in [0, 0.05) is 37.1 Å². The van der Waals surface area contributed by atoms with E-state index in [1.165, 1.54) is 13.8 Å². The minimum absolute atomic E-state index is 0. The number of carbonyl (C=O) groups is 3. The molecule has 56 heavy (non-hydrogen) atoms. The number of rotatable bonds is 23. The largest absolute Gasteiger partial charge is 1.00 e. The van der Waals surface area contributed by atoms with Crippen molar-refractivity contribution >= 4 is 69.1 Å². The van der Waals surface area contributed by atoms with Crippen LogP contribution in [-0.4, -0.2) is 123 Å². The number of unbranched alkanes of at least 4 members (excludes halogenated alkanes) is 2. The van der Waals surface area contributed by atoms with E-state index < -0.39 is 84.6 Å². The summed E-state index contributed by atoms with van der Waals surface area (Å²) >= 11 is 1.12. The molecule has 1 aliphatic heterocycles. The van der Waals surface area contributed by atoms with Gasteiger partial charge in [0.15, 0.2) is 22.8 Å². The molecule has 2 aromatic rings. The van der Waals surface area contributed by atoms with E-state index in [9.17, 15) is 57.9 Å². The van der Waals surface area contributed by atoms with E-state index in [2.05, 4.69) is 34.4 Å². The summed E-state index contributed by atoms with van der Waals surface area (Å²) in [4.78, 5) is 87.3. The summed E-state index contributed by atoms with van der Waals surface area (Å²) in [5, 5.41) is 26.4. The molecule has 0 bridgehead atoms. The first kappa shape index (κ1) is 50.7. The number of nitrogen functional groups attached to an aromatic ring is 1. The molecule has 2 amide bonds. The Labute approximate surface area is 348 Å². The van der Waals surface area contributed by atoms with Crippen molar-refractivity contribution in [3.8, 4) is 0 Å². The molecule has 29 heteroatoms. The third-order valence-corrected chi connectivity index (χ3v) is 11.8. The van der Waals surface area contributed by atoms with Crippen molar-refractivity contribution in [1.82, 2.24) is 30.2 Å². The molecule has 0 aromatic carbocycles. The minimum atomic E-state index is -5.56. The van der Waals surface area contributed by atoms with Crippen LogP contribution in [-0.2, 0) is 50.7 Å². The van der Waals surface area contributed by atoms with E-state index in [-0.39, 0.29) is 72.6 Å². The predicted octanol–water partition coefficient (Wildman–Crippen LogP) is -2.64. The number of nitrogens with zero attached hydrogens (tertiary/aromatic N) is 4. The molecule has 314 valence electrons. The molecule has 7 atom stereocenters. The fraction of sp³-hybridized carbons (Fsp3) is 0.704. The number of amides is 2. The van der Waals surface area contributed by atoms with E-state index in [0.717, 1.165) is 48.2 Å². The molecule has 10 N–H and O–H groups in total. The quantitative estimate of drug-likeness (QED) is 0.0313. The topological polar surface area (TPSA) is 364 Å². The summed E-state index contributed by atoms with van der Waals surface area (Å²) in [5.74, 6) is -1.04. The van der Waals surface area contributed by atoms with Crippen molar-refractivity contribution in [2.45, 2.75) is 83.5 Å². The van der Waals surface area contributed by atoms with E-state index in [1.807, 2.05) is 6.92 Å². The Morgan fingerprint density at radius 3 is 2.39 bits per heavy atom. The van der Waals surface area contributed by atoms with Crippen molar-refractivity contribution in [2.75, 3.05) is 37.8 Å². The second-order valence-electron chi connectivity index (χ2n) is 12.7. The molecule has 0 saturated carbocycles. The summed E-state index contributed by atoms with van der Waals surface area (Å²) in [7, 11) is -16.4. The second-order valence-corrected chi connectivity index (χ2v) is 18.1. The Hall–Kier alpha value is -1.44. The van der Waals surface area contributed by atoms with Crippen LogP contribution in [0.1, 0.15) is 60.5 Å². The summed E-state index contributed by atoms with van der Waals surface area (Å²) in [6, 6.07) is 0. The van der Waals surface area contributed by atoms with Gasteiger partial charge in [-0.1, -0.05) is 45.4 Å². The van der Waals surface area contributed by atoms with Crippen LogP contribution in [0.3, 0.4) is 0 Å². The Kier molecular flexibility index (Phi) is 20.1. The second kappa shape index (κ2) is 22.2. The van der Waals surface area contributed by atoms with E-state index >= 15 is 0 Å². The van der Waals surface area contributed by atoms with Crippen molar-refractivity contribution in [3.63, 3.8) is 0 Å². The molecular weight excluding hydrogens is 842 g/mol. The maximum absolute atomic E-state index is 12.7. The number of fused-ring (bicyclic) bond motifs is 1. The zero-order valence-electron chi connectivity index (χ0n) is 31.9. The number of carbonyl (C=O) groups excluding carboxylic acids is 3. The number of nitrogens with one attached hydrogen (secondary N) is 2. The smallest absolute Gasteiger partial charge is 1.00 e. The standard InChI is InChI=1S/C27H46N7O17P3S.Na.H/c1-4-5-6-7-18(36)55-11-10-29-17(35)8-9-30-25(39)22(38)27(2,3)13-48-54(45,46)51-53(43,44)47-12-16-21(50-52(40,41)42)20(37)26(49-16)34-15-33-19-23(28)31-14-32-24(19)34;;/h14-16,20-22,26,37-38H,4-13H2,1-3H3,(H,29,35)(H,30,39)(H,43,44)(H,45,46)(H2,28,31,32)(H2,40,41,42);;/q;+1;-1/t16-,20-,21-,22+,26-;;/m1../s1. The van der Waals surface area contributed by atoms with Gasteiger partial charge in [-0.05, 0) is 6.42 Å². The van der Waals surface area contributed by atoms with Gasteiger partial charge < -0.3 is 52.3 Å². The van der Waals surface area contributed by atoms with Gasteiger partial charge in [0.25, 0.3) is 0 Å². The minimum Gasteiger partial charge on any atom is -1.00 e. The molecule has 0 radical (unpaired) electrons. The number of aromatic nitrogens is 4. The SMILES string of the molecule is CCCCCC(=O)SCCNC(=O)CCNC(=O)[C@H](O)C(C)(C)COP(=O)(O)OP(=O)(O)OC[C@H]1O[C@@H](n2cnc3c(N)ncnc32)[C@H](O)[C@@H]1OP(=O)(O)O.[H-].[Na+]. The average molecular weight is 890 g/mol. The molecule has 0 spiro atoms. The number of phosphoric acid groups is 3. The number of aliphatic hydroxyl groups excluding tert-OH is 2. The van der Waals surface area contributed by atoms with Crippen LogP contribution in [0.2, 0.25) is 0 Å². The third kappa shape index (κ3) is 16.0. The van der Waals surface area contributed by atoms with Crippen molar-refractivity contribution in [3.05, 3.63) is 12.7 Å². The summed E-state index contributed by atoms with van der Waals surface area (Å²) in [6.45, 7) is 2.59. The van der Waals surface area contributed by atoms with Crippen LogP contribution in [0.4, 0.5) is 5.82 Å². The molecule has 2 aromatic heterocycles. The van der Waals surface area contributed by atoms with Gasteiger partial charge in [-0.2, -0.15) is 4.31 Å². The maximum Gasteiger partial charge on any atom is 1.00 e. The van der Waals surface area contributed by atoms with Crippen LogP contribution in [0, 0.1) is 5.41 Å². The Balaban J connectivity index is 0.00000812. The predicted molar refractivity (Wildman–Crippen MR) is 192 cm³/mol. The van der Waals surface area contributed by atoms with Gasteiger partial charge in [0.2, 0.25) is 11.8 Å². The van der Waals surface area contributed by atoms with Gasteiger partial charge in [-0.15, -0.1) is 0 Å². The van der Waals surface area contributed by atoms with Crippen LogP contribution in [0.5, 0.6) is 0 Å². The number of hydrogen-bond acceptors (Lipinski definition) is 18. The summed E-state index contributed by atoms with van der Waals surface area (Å²) in [6.07, 6.45) is -3.63. The summed E-state index contributed by atoms with van der Waals surface area (Å²) in [5.41, 5.74) is 4.27. The number of thioether (sulfide) groups is 1. The molecule has 2 unspecified atom stereocenters. The number of nitrogens with two attached hydrogens (primary N) is 1. The van der Waals surface area contributed by atoms with E-state index in [1.54, 1.807) is 0 Å². The first-order valence-electron chi connectivity index (χ1n) is 16.6. The molecule has 0 aliphatic carbocycles. The van der Waals surface area contributed by atoms with Gasteiger partial charge in [0.05, 0.1) is 19.5 Å². The Bertz CT molecular complexity index is 1800. The van der Waals surface area contributed by atoms with Gasteiger partial charge >= 0.3 is 53.0 Å². The van der Waals surface area contributed by atoms with Crippen molar-refractivity contribution in [1.29, 1.82) is 0 Å². The molecule has 24 nitrogen and oxygen atoms in total. The number of ether oxygens (including phenoxy) is 1. The monoisotopic (exact) mass is 889 g/mol. The van der Waals surface area contributed by atoms with E-state index in [4.69, 9.17) is 19.5 Å². The third-order valence-electron chi connectivity index (χ3n) is 7.75. The van der Waals surface area contributed by atoms with Gasteiger partial charge in [-0.3, -0.25) is 32.5 Å². The Morgan fingerprint density at radius 2 is 1.73 bits per heavy atom. The average Bonchev–Trinajstić information content (AvgIpc) is 3.64. The van der Waals surface area contributed by atoms with Gasteiger partial charge in [0.1, 0.15) is 36.3 Å². The maximum atomic E-state index is 12.7. The molecular formula is C27H47N7NaO17P3S. The molecule has 1 saturated heterocycles. The van der Waals surface area contributed by atoms with Crippen LogP contribution >= 0.6 is 35.2 Å². The van der Waals surface area contributed by atoms with Gasteiger partial charge in [-0.25, -0.2) is 28.6 Å². The van der Waals surface area contributed by atoms with Crippen molar-refractivity contribution in [2.24, 2.45) is 5.41 Å². The first-order chi connectivity index (χ1) is 25.6. The molecule has 1 fully saturated rings. The molecule has 3 heterocycles. The molecule has 1 aliphatic rings. The number of aliphatic hydroxyl groups is 2. The molecule has 3 rings (SSSR count). The zero-order chi connectivity index (χ0) is 41.2. The number of imidazole rings is 1. The van der Waals surface area contributed by atoms with Crippen molar-refractivity contribution < 1.29 is 111 Å². The van der Waals surface area contributed by atoms with E-state index in [0.29, 0.717) is 12.2 Å². The van der Waals surface area contributed by atoms with Crippen LogP contribution < -0.4 is 45.9 Å². The number of hydrogen-bond donors (Lipinski definition) is 9. The first-order valence-corrected chi connectivity index (χ1v) is 22.1. The van der Waals surface area contributed by atoms with Crippen LogP contribution in [0.25, 0.3) is 11.2 Å². The normalized spacial score (nSPS) is 21.4. The summed E-state index contributed by atoms with van der Waals surface area (Å²) < 4.78 is 62.1. The fourth-order valence-electron chi connectivity index (χ4n) is 4.89. The fourth-order valence-corrected chi connectivity index (χ4v) is 8.44. The number of anilines is 1.